The fraction of sp³-hybridized carbons (Fsp3) is 0.619. The van der Waals surface area contributed by atoms with Gasteiger partial charge < -0.3 is 29.6 Å². The second-order valence-electron chi connectivity index (χ2n) is 7.78. The van der Waals surface area contributed by atoms with E-state index in [-0.39, 0.29) is 43.7 Å². The fourth-order valence-corrected chi connectivity index (χ4v) is 3.83. The average molecular weight is 460 g/mol. The van der Waals surface area contributed by atoms with Gasteiger partial charge in [-0.25, -0.2) is 24.5 Å². The first-order valence-electron chi connectivity index (χ1n) is 11.1. The minimum atomic E-state index is -0.559. The number of ether oxygens (including phenoxy) is 4. The smallest absolute Gasteiger partial charge is 0.407 e. The van der Waals surface area contributed by atoms with Crippen LogP contribution in [0, 0.1) is 0 Å². The first-order chi connectivity index (χ1) is 16.2. The minimum Gasteiger partial charge on any atom is -0.487 e. The van der Waals surface area contributed by atoms with Crippen LogP contribution >= 0.6 is 0 Å². The minimum absolute atomic E-state index is 0.174. The van der Waals surface area contributed by atoms with Gasteiger partial charge >= 0.3 is 6.09 Å². The van der Waals surface area contributed by atoms with Crippen LogP contribution in [-0.4, -0.2) is 76.7 Å². The topological polar surface area (TPSA) is 139 Å². The van der Waals surface area contributed by atoms with Gasteiger partial charge in [-0.2, -0.15) is 0 Å². The third-order valence-electron chi connectivity index (χ3n) is 5.48. The van der Waals surface area contributed by atoms with E-state index in [1.165, 1.54) is 6.33 Å². The SMILES string of the molecule is CCOC(=C=O)CCNC(=O)OC1CCC(n2cnc3c(N[C@@H]4CCOC4)ncnc32)OC1. The number of anilines is 1. The highest BCUT2D eigenvalue weighted by Gasteiger charge is 2.27. The molecule has 3 atom stereocenters. The molecule has 0 aliphatic carbocycles. The lowest BCUT2D eigenvalue weighted by atomic mass is 10.1. The van der Waals surface area contributed by atoms with Gasteiger partial charge in [0.2, 0.25) is 0 Å². The molecule has 0 radical (unpaired) electrons. The number of nitrogens with one attached hydrogen (secondary N) is 2. The molecule has 0 saturated carbocycles. The zero-order valence-corrected chi connectivity index (χ0v) is 18.5. The van der Waals surface area contributed by atoms with Gasteiger partial charge in [-0.15, -0.1) is 0 Å². The Kier molecular flexibility index (Phi) is 7.71. The van der Waals surface area contributed by atoms with Crippen LogP contribution < -0.4 is 10.6 Å². The Morgan fingerprint density at radius 1 is 1.27 bits per heavy atom. The number of amides is 1. The van der Waals surface area contributed by atoms with Crippen molar-refractivity contribution in [2.75, 3.05) is 38.3 Å². The summed E-state index contributed by atoms with van der Waals surface area (Å²) in [6.07, 6.45) is 4.47. The zero-order valence-electron chi connectivity index (χ0n) is 18.5. The van der Waals surface area contributed by atoms with Crippen molar-refractivity contribution in [3.05, 3.63) is 18.4 Å². The number of carbonyl (C=O) groups excluding carboxylic acids is 2. The molecule has 2 aromatic heterocycles. The Labute approximate surface area is 190 Å². The van der Waals surface area contributed by atoms with Crippen molar-refractivity contribution in [2.24, 2.45) is 0 Å². The molecule has 2 aromatic rings. The van der Waals surface area contributed by atoms with E-state index in [2.05, 4.69) is 25.6 Å². The average Bonchev–Trinajstić information content (AvgIpc) is 3.49. The van der Waals surface area contributed by atoms with E-state index in [9.17, 15) is 9.59 Å². The van der Waals surface area contributed by atoms with E-state index in [4.69, 9.17) is 18.9 Å². The summed E-state index contributed by atoms with van der Waals surface area (Å²) in [6, 6.07) is 0.212. The number of fused-ring (bicyclic) bond motifs is 1. The lowest BCUT2D eigenvalue weighted by molar-refractivity contribution is -0.0899. The molecule has 2 N–H and O–H groups in total. The maximum Gasteiger partial charge on any atom is 0.407 e. The van der Waals surface area contributed by atoms with Crippen molar-refractivity contribution in [3.8, 4) is 0 Å². The van der Waals surface area contributed by atoms with Crippen molar-refractivity contribution < 1.29 is 28.5 Å². The van der Waals surface area contributed by atoms with E-state index >= 15 is 0 Å². The molecular formula is C21H28N6O6. The molecule has 0 spiro atoms. The molecule has 2 unspecified atom stereocenters. The first-order valence-corrected chi connectivity index (χ1v) is 11.1. The summed E-state index contributed by atoms with van der Waals surface area (Å²) < 4.78 is 23.8. The summed E-state index contributed by atoms with van der Waals surface area (Å²) in [6.45, 7) is 4.02. The van der Waals surface area contributed by atoms with Crippen LogP contribution in [0.25, 0.3) is 11.2 Å². The maximum absolute atomic E-state index is 12.0. The van der Waals surface area contributed by atoms with Gasteiger partial charge in [-0.3, -0.25) is 4.57 Å². The molecule has 12 nitrogen and oxygen atoms in total. The van der Waals surface area contributed by atoms with Crippen molar-refractivity contribution in [2.45, 2.75) is 51.0 Å². The molecule has 178 valence electrons. The largest absolute Gasteiger partial charge is 0.487 e. The number of carbonyl (C=O) groups is 1. The molecule has 33 heavy (non-hydrogen) atoms. The molecule has 2 aliphatic rings. The third kappa shape index (κ3) is 5.78. The van der Waals surface area contributed by atoms with Gasteiger partial charge in [-0.05, 0) is 26.2 Å². The van der Waals surface area contributed by atoms with E-state index in [1.54, 1.807) is 19.2 Å². The highest BCUT2D eigenvalue weighted by molar-refractivity contribution is 5.82. The Morgan fingerprint density at radius 3 is 2.91 bits per heavy atom. The van der Waals surface area contributed by atoms with Crippen molar-refractivity contribution in [1.29, 1.82) is 0 Å². The lowest BCUT2D eigenvalue weighted by Crippen LogP contribution is -2.35. The van der Waals surface area contributed by atoms with Crippen LogP contribution in [0.4, 0.5) is 10.6 Å². The zero-order chi connectivity index (χ0) is 23.0. The number of nitrogens with zero attached hydrogens (tertiary/aromatic N) is 4. The fourth-order valence-electron chi connectivity index (χ4n) is 3.83. The van der Waals surface area contributed by atoms with E-state index in [0.29, 0.717) is 43.0 Å². The number of aromatic nitrogens is 4. The van der Waals surface area contributed by atoms with E-state index < -0.39 is 6.09 Å². The molecule has 2 fully saturated rings. The van der Waals surface area contributed by atoms with E-state index in [1.807, 2.05) is 4.57 Å². The highest BCUT2D eigenvalue weighted by atomic mass is 16.6. The summed E-state index contributed by atoms with van der Waals surface area (Å²) in [5.74, 6) is 2.57. The van der Waals surface area contributed by atoms with E-state index in [0.717, 1.165) is 13.0 Å². The number of hydrogen-bond acceptors (Lipinski definition) is 10. The molecule has 12 heteroatoms. The quantitative estimate of drug-likeness (QED) is 0.419. The first kappa shape index (κ1) is 23.0. The van der Waals surface area contributed by atoms with Crippen LogP contribution in [0.15, 0.2) is 18.4 Å². The Hall–Kier alpha value is -3.21. The molecule has 0 aromatic carbocycles. The normalized spacial score (nSPS) is 22.5. The van der Waals surface area contributed by atoms with Crippen LogP contribution in [0.2, 0.25) is 0 Å². The molecule has 2 saturated heterocycles. The Bertz CT molecular complexity index is 992. The van der Waals surface area contributed by atoms with Gasteiger partial charge in [0, 0.05) is 19.6 Å². The second-order valence-corrected chi connectivity index (χ2v) is 7.78. The Balaban J connectivity index is 1.27. The molecule has 0 bridgehead atoms. The highest BCUT2D eigenvalue weighted by Crippen LogP contribution is 2.29. The number of imidazole rings is 1. The van der Waals surface area contributed by atoms with Crippen molar-refractivity contribution in [3.63, 3.8) is 0 Å². The standard InChI is InChI=1S/C21H28N6O6/c1-2-31-15(9-28)5-7-22-21(29)33-16-3-4-17(32-11-16)27-13-25-18-19(23-12-24-20(18)27)26-14-6-8-30-10-14/h12-14,16-17H,2-8,10-11H2,1H3,(H,22,29)(H,23,24,26)/t14-,16?,17?/m1/s1. The van der Waals surface area contributed by atoms with Gasteiger partial charge in [0.25, 0.3) is 0 Å². The summed E-state index contributed by atoms with van der Waals surface area (Å²) >= 11 is 0. The monoisotopic (exact) mass is 460 g/mol. The van der Waals surface area contributed by atoms with Gasteiger partial charge in [-0.1, -0.05) is 0 Å². The van der Waals surface area contributed by atoms with Crippen LogP contribution in [-0.2, 0) is 23.7 Å². The summed E-state index contributed by atoms with van der Waals surface area (Å²) in [5.41, 5.74) is 1.36. The third-order valence-corrected chi connectivity index (χ3v) is 5.48. The molecule has 1 amide bonds. The van der Waals surface area contributed by atoms with Gasteiger partial charge in [0.1, 0.15) is 18.7 Å². The second kappa shape index (κ2) is 11.1. The van der Waals surface area contributed by atoms with Crippen LogP contribution in [0.1, 0.15) is 38.8 Å². The van der Waals surface area contributed by atoms with Crippen molar-refractivity contribution >= 4 is 29.0 Å². The summed E-state index contributed by atoms with van der Waals surface area (Å²) in [7, 11) is 0. The summed E-state index contributed by atoms with van der Waals surface area (Å²) in [5, 5.41) is 5.98. The van der Waals surface area contributed by atoms with Gasteiger partial charge in [0.15, 0.2) is 28.7 Å². The molecule has 2 aliphatic heterocycles. The maximum atomic E-state index is 12.0. The predicted octanol–water partition coefficient (Wildman–Crippen LogP) is 1.57. The van der Waals surface area contributed by atoms with Crippen LogP contribution in [0.5, 0.6) is 0 Å². The lowest BCUT2D eigenvalue weighted by Gasteiger charge is -2.29. The number of hydrogen-bond donors (Lipinski definition) is 2. The summed E-state index contributed by atoms with van der Waals surface area (Å²) in [4.78, 5) is 36.0. The van der Waals surface area contributed by atoms with Gasteiger partial charge in [0.05, 0.1) is 32.2 Å². The number of alkyl carbamates (subject to hydrolysis) is 1. The molecule has 4 heterocycles. The number of rotatable bonds is 9. The Morgan fingerprint density at radius 2 is 2.18 bits per heavy atom. The molecular weight excluding hydrogens is 432 g/mol. The molecule has 4 rings (SSSR count). The predicted molar refractivity (Wildman–Crippen MR) is 116 cm³/mol. The van der Waals surface area contributed by atoms with Crippen LogP contribution in [0.3, 0.4) is 0 Å². The van der Waals surface area contributed by atoms with Crippen molar-refractivity contribution in [1.82, 2.24) is 24.8 Å².